The number of nitrogens with zero attached hydrogens (tertiary/aromatic N) is 10. The predicted molar refractivity (Wildman–Crippen MR) is 178 cm³/mol. The fourth-order valence-electron chi connectivity index (χ4n) is 4.04. The minimum atomic E-state index is -4.54. The minimum absolute atomic E-state index is 0.0359. The minimum Gasteiger partial charge on any atom is -0.494 e. The van der Waals surface area contributed by atoms with Crippen LogP contribution >= 0.6 is 0 Å². The van der Waals surface area contributed by atoms with Crippen LogP contribution in [0.5, 0.6) is 11.5 Å². The summed E-state index contributed by atoms with van der Waals surface area (Å²) in [6.45, 7) is 4.71. The van der Waals surface area contributed by atoms with E-state index in [2.05, 4.69) is 39.3 Å². The molecule has 0 heterocycles. The molecule has 18 heteroatoms. The van der Waals surface area contributed by atoms with E-state index in [4.69, 9.17) is 20.5 Å². The molecule has 244 valence electrons. The Balaban J connectivity index is 1.70. The van der Waals surface area contributed by atoms with Gasteiger partial charge in [0.05, 0.1) is 45.8 Å². The number of sulfonamides is 2. The average molecular weight is 687 g/mol. The smallest absolute Gasteiger partial charge is 0.265 e. The molecule has 48 heavy (non-hydrogen) atoms. The van der Waals surface area contributed by atoms with Crippen molar-refractivity contribution < 1.29 is 26.3 Å². The highest BCUT2D eigenvalue weighted by molar-refractivity contribution is 7.90. The van der Waals surface area contributed by atoms with Crippen LogP contribution in [0, 0.1) is 0 Å². The van der Waals surface area contributed by atoms with Crippen LogP contribution in [0.25, 0.3) is 33.0 Å². The Hall–Kier alpha value is -6.06. The number of azide groups is 2. The molecule has 4 rings (SSSR count). The molecular weight excluding hydrogens is 661 g/mol. The molecule has 0 aromatic heterocycles. The first-order valence-corrected chi connectivity index (χ1v) is 16.8. The Morgan fingerprint density at radius 2 is 0.896 bits per heavy atom. The summed E-state index contributed by atoms with van der Waals surface area (Å²) in [5.74, 6) is 1.29. The van der Waals surface area contributed by atoms with Crippen molar-refractivity contribution in [1.82, 2.24) is 0 Å². The molecule has 0 atom stereocenters. The fraction of sp³-hybridized carbons (Fsp3) is 0.133. The van der Waals surface area contributed by atoms with Crippen molar-refractivity contribution in [2.24, 2.45) is 29.5 Å². The SMILES string of the molecule is CCOc1ccc(/N=N/c2ccc(/C=C/c3ccc(/N=N/c4ccc(OCC)cc4)cc3S(=O)(=O)N=[N+]=[N-])c(S(=O)(=O)N=[N+]=[N-])c2)cc1. The largest absolute Gasteiger partial charge is 0.494 e. The number of hydrogen-bond donors (Lipinski definition) is 0. The molecule has 4 aromatic carbocycles. The highest BCUT2D eigenvalue weighted by Crippen LogP contribution is 2.31. The fourth-order valence-corrected chi connectivity index (χ4v) is 5.81. The molecule has 0 fully saturated rings. The molecule has 16 nitrogen and oxygen atoms in total. The predicted octanol–water partition coefficient (Wildman–Crippen LogP) is 9.48. The molecule has 0 aliphatic rings. The van der Waals surface area contributed by atoms with E-state index in [0.29, 0.717) is 36.1 Å². The Kier molecular flexibility index (Phi) is 11.6. The summed E-state index contributed by atoms with van der Waals surface area (Å²) < 4.78 is 68.1. The molecule has 0 bridgehead atoms. The van der Waals surface area contributed by atoms with Gasteiger partial charge < -0.3 is 9.47 Å². The maximum Gasteiger partial charge on any atom is 0.265 e. The second kappa shape index (κ2) is 16.0. The zero-order valence-electron chi connectivity index (χ0n) is 25.4. The number of hydrogen-bond acceptors (Lipinski definition) is 10. The van der Waals surface area contributed by atoms with Gasteiger partial charge in [-0.25, -0.2) is 16.8 Å². The molecule has 0 N–H and O–H groups in total. The van der Waals surface area contributed by atoms with Crippen molar-refractivity contribution in [2.45, 2.75) is 23.6 Å². The quantitative estimate of drug-likeness (QED) is 0.0541. The van der Waals surface area contributed by atoms with Gasteiger partial charge in [-0.2, -0.15) is 20.5 Å². The third-order valence-corrected chi connectivity index (χ3v) is 8.53. The van der Waals surface area contributed by atoms with Gasteiger partial charge >= 0.3 is 0 Å². The van der Waals surface area contributed by atoms with Crippen molar-refractivity contribution in [3.63, 3.8) is 0 Å². The number of rotatable bonds is 14. The van der Waals surface area contributed by atoms with Gasteiger partial charge in [0.2, 0.25) is 0 Å². The molecule has 0 saturated carbocycles. The Bertz CT molecular complexity index is 2030. The standard InChI is InChI=1S/C30H26N10O6S2/c1-3-45-27-15-11-23(12-16-27)33-35-25-9-7-21(29(19-25)47(41,42)39-37-31)5-6-22-8-10-26(20-30(22)48(43,44)40-38-32)36-34-24-13-17-28(18-14-24)46-4-2/h5-20H,3-4H2,1-2H3/b6-5+,35-33+,36-34+. The van der Waals surface area contributed by atoms with Crippen LogP contribution in [0.2, 0.25) is 0 Å². The summed E-state index contributed by atoms with van der Waals surface area (Å²) in [6, 6.07) is 21.5. The normalized spacial score (nSPS) is 11.8. The second-order valence-corrected chi connectivity index (χ2v) is 12.4. The molecule has 0 aliphatic carbocycles. The van der Waals surface area contributed by atoms with E-state index < -0.39 is 29.8 Å². The lowest BCUT2D eigenvalue weighted by atomic mass is 10.1. The Labute approximate surface area is 275 Å². The van der Waals surface area contributed by atoms with Gasteiger partial charge in [0.15, 0.2) is 0 Å². The lowest BCUT2D eigenvalue weighted by Gasteiger charge is -2.07. The van der Waals surface area contributed by atoms with Crippen LogP contribution < -0.4 is 9.47 Å². The van der Waals surface area contributed by atoms with Gasteiger partial charge in [-0.15, -0.1) is 0 Å². The molecule has 4 aromatic rings. The number of azo groups is 2. The summed E-state index contributed by atoms with van der Waals surface area (Å²) in [5.41, 5.74) is 19.0. The zero-order valence-corrected chi connectivity index (χ0v) is 27.0. The first-order valence-electron chi connectivity index (χ1n) is 14.0. The van der Waals surface area contributed by atoms with Crippen molar-refractivity contribution in [3.05, 3.63) is 117 Å². The molecule has 0 aliphatic heterocycles. The van der Waals surface area contributed by atoms with Crippen molar-refractivity contribution in [2.75, 3.05) is 13.2 Å². The Morgan fingerprint density at radius 1 is 0.562 bits per heavy atom. The van der Waals surface area contributed by atoms with Gasteiger partial charge in [-0.05, 0) is 109 Å². The topological polar surface area (TPSA) is 234 Å². The molecule has 0 unspecified atom stereocenters. The summed E-state index contributed by atoms with van der Waals surface area (Å²) in [5, 5.41) is 16.4. The highest BCUT2D eigenvalue weighted by atomic mass is 32.2. The number of ether oxygens (including phenoxy) is 2. The summed E-state index contributed by atoms with van der Waals surface area (Å²) in [6.07, 6.45) is 2.58. The monoisotopic (exact) mass is 686 g/mol. The molecule has 0 amide bonds. The first-order chi connectivity index (χ1) is 23.1. The maximum absolute atomic E-state index is 12.9. The van der Waals surface area contributed by atoms with E-state index in [-0.39, 0.29) is 22.5 Å². The lowest BCUT2D eigenvalue weighted by molar-refractivity contribution is 0.340. The average Bonchev–Trinajstić information content (AvgIpc) is 3.07. The summed E-state index contributed by atoms with van der Waals surface area (Å²) >= 11 is 0. The summed E-state index contributed by atoms with van der Waals surface area (Å²) in [7, 11) is -9.08. The zero-order chi connectivity index (χ0) is 34.6. The first kappa shape index (κ1) is 34.8. The van der Waals surface area contributed by atoms with E-state index >= 15 is 0 Å². The van der Waals surface area contributed by atoms with Gasteiger partial charge in [-0.1, -0.05) is 24.3 Å². The van der Waals surface area contributed by atoms with Crippen LogP contribution in [-0.4, -0.2) is 30.0 Å². The van der Waals surface area contributed by atoms with E-state index in [1.54, 1.807) is 48.5 Å². The molecule has 0 spiro atoms. The Morgan fingerprint density at radius 3 is 1.23 bits per heavy atom. The van der Waals surface area contributed by atoms with E-state index in [1.807, 2.05) is 13.8 Å². The highest BCUT2D eigenvalue weighted by Gasteiger charge is 2.19. The van der Waals surface area contributed by atoms with Gasteiger partial charge in [0.1, 0.15) is 11.5 Å². The van der Waals surface area contributed by atoms with E-state index in [0.717, 1.165) is 12.1 Å². The lowest BCUT2D eigenvalue weighted by Crippen LogP contribution is -1.99. The van der Waals surface area contributed by atoms with E-state index in [9.17, 15) is 16.8 Å². The second-order valence-electron chi connectivity index (χ2n) is 9.32. The van der Waals surface area contributed by atoms with Gasteiger partial charge in [0.25, 0.3) is 20.0 Å². The molecule has 0 saturated heterocycles. The van der Waals surface area contributed by atoms with E-state index in [1.165, 1.54) is 36.4 Å². The molecular formula is C30H26N10O6S2. The van der Waals surface area contributed by atoms with Crippen LogP contribution in [-0.2, 0) is 20.0 Å². The van der Waals surface area contributed by atoms with Crippen molar-refractivity contribution in [3.8, 4) is 11.5 Å². The van der Waals surface area contributed by atoms with Crippen LogP contribution in [0.15, 0.2) is 124 Å². The number of benzene rings is 4. The van der Waals surface area contributed by atoms with Crippen molar-refractivity contribution in [1.29, 1.82) is 0 Å². The third-order valence-electron chi connectivity index (χ3n) is 6.14. The maximum atomic E-state index is 12.9. The van der Waals surface area contributed by atoms with Crippen LogP contribution in [0.1, 0.15) is 25.0 Å². The van der Waals surface area contributed by atoms with Crippen LogP contribution in [0.3, 0.4) is 0 Å². The summed E-state index contributed by atoms with van der Waals surface area (Å²) in [4.78, 5) is 3.99. The van der Waals surface area contributed by atoms with Gasteiger partial charge in [0, 0.05) is 18.9 Å². The third kappa shape index (κ3) is 9.24. The van der Waals surface area contributed by atoms with Crippen molar-refractivity contribution >= 4 is 54.9 Å². The van der Waals surface area contributed by atoms with Crippen LogP contribution in [0.4, 0.5) is 22.7 Å². The van der Waals surface area contributed by atoms with Gasteiger partial charge in [-0.3, -0.25) is 0 Å². The molecule has 0 radical (unpaired) electrons.